The summed E-state index contributed by atoms with van der Waals surface area (Å²) in [6.07, 6.45) is 10.4. The third-order valence-electron chi connectivity index (χ3n) is 5.15. The van der Waals surface area contributed by atoms with Crippen LogP contribution in [0.25, 0.3) is 0 Å². The fraction of sp³-hybridized carbons (Fsp3) is 0.571. The first-order chi connectivity index (χ1) is 12.7. The highest BCUT2D eigenvalue weighted by Gasteiger charge is 2.25. The summed E-state index contributed by atoms with van der Waals surface area (Å²) in [5, 5.41) is 0. The summed E-state index contributed by atoms with van der Waals surface area (Å²) in [6.45, 7) is 11.8. The molecule has 3 heterocycles. The Balaban J connectivity index is 1.71. The number of aromatic nitrogens is 3. The summed E-state index contributed by atoms with van der Waals surface area (Å²) >= 11 is 0. The maximum atomic E-state index is 4.54. The molecule has 0 N–H and O–H groups in total. The molecule has 0 amide bonds. The van der Waals surface area contributed by atoms with Crippen molar-refractivity contribution >= 4 is 0 Å². The summed E-state index contributed by atoms with van der Waals surface area (Å²) in [7, 11) is 0. The number of hydrogen-bond donors (Lipinski definition) is 0. The molecule has 1 atom stereocenters. The first kappa shape index (κ1) is 18.9. The van der Waals surface area contributed by atoms with Gasteiger partial charge in [-0.3, -0.25) is 14.8 Å². The van der Waals surface area contributed by atoms with Crippen LogP contribution in [-0.4, -0.2) is 50.4 Å². The van der Waals surface area contributed by atoms with Crippen LogP contribution in [-0.2, 0) is 13.1 Å². The zero-order chi connectivity index (χ0) is 18.4. The molecule has 1 aliphatic heterocycles. The van der Waals surface area contributed by atoms with Gasteiger partial charge in [-0.1, -0.05) is 26.8 Å². The van der Waals surface area contributed by atoms with Crippen LogP contribution >= 0.6 is 0 Å². The van der Waals surface area contributed by atoms with Crippen molar-refractivity contribution in [1.82, 2.24) is 24.8 Å². The second-order valence-corrected chi connectivity index (χ2v) is 7.56. The molecular weight excluding hydrogens is 322 g/mol. The molecule has 1 fully saturated rings. The lowest BCUT2D eigenvalue weighted by molar-refractivity contribution is 0.165. The fourth-order valence-electron chi connectivity index (χ4n) is 3.75. The van der Waals surface area contributed by atoms with E-state index in [1.807, 2.05) is 30.9 Å². The molecule has 0 aromatic carbocycles. The average molecular weight is 354 g/mol. The molecule has 0 unspecified atom stereocenters. The van der Waals surface area contributed by atoms with Crippen LogP contribution in [0.15, 0.2) is 36.9 Å². The molecule has 0 bridgehead atoms. The molecule has 1 saturated heterocycles. The van der Waals surface area contributed by atoms with E-state index in [9.17, 15) is 0 Å². The van der Waals surface area contributed by atoms with Crippen LogP contribution in [0.5, 0.6) is 0 Å². The van der Waals surface area contributed by atoms with E-state index in [1.54, 1.807) is 0 Å². The Hall–Kier alpha value is -1.85. The molecule has 26 heavy (non-hydrogen) atoms. The van der Waals surface area contributed by atoms with Gasteiger partial charge in [-0.2, -0.15) is 0 Å². The summed E-state index contributed by atoms with van der Waals surface area (Å²) in [6, 6.07) is 4.82. The molecule has 0 aliphatic carbocycles. The van der Waals surface area contributed by atoms with Gasteiger partial charge in [0.15, 0.2) is 0 Å². The van der Waals surface area contributed by atoms with E-state index in [1.165, 1.54) is 30.5 Å². The van der Waals surface area contributed by atoms with Gasteiger partial charge in [-0.15, -0.1) is 0 Å². The van der Waals surface area contributed by atoms with Crippen LogP contribution in [0.2, 0.25) is 0 Å². The molecular formula is C21H31N5. The predicted molar refractivity (Wildman–Crippen MR) is 105 cm³/mol. The summed E-state index contributed by atoms with van der Waals surface area (Å²) in [5.41, 5.74) is 2.44. The molecule has 0 saturated carbocycles. The summed E-state index contributed by atoms with van der Waals surface area (Å²) in [4.78, 5) is 18.5. The number of rotatable bonds is 8. The lowest BCUT2D eigenvalue weighted by atomic mass is 10.1. The van der Waals surface area contributed by atoms with Crippen LogP contribution in [0.4, 0.5) is 0 Å². The van der Waals surface area contributed by atoms with Crippen LogP contribution in [0, 0.1) is 0 Å². The van der Waals surface area contributed by atoms with Crippen molar-refractivity contribution in [3.63, 3.8) is 0 Å². The van der Waals surface area contributed by atoms with Crippen LogP contribution in [0.3, 0.4) is 0 Å². The van der Waals surface area contributed by atoms with Gasteiger partial charge in [0, 0.05) is 61.9 Å². The van der Waals surface area contributed by atoms with Crippen molar-refractivity contribution in [3.8, 4) is 0 Å². The van der Waals surface area contributed by atoms with Gasteiger partial charge in [0.2, 0.25) is 0 Å². The largest absolute Gasteiger partial charge is 0.299 e. The quantitative estimate of drug-likeness (QED) is 0.727. The lowest BCUT2D eigenvalue weighted by Gasteiger charge is -2.30. The Kier molecular flexibility index (Phi) is 6.69. The molecule has 1 aliphatic rings. The molecule has 140 valence electrons. The molecule has 0 radical (unpaired) electrons. The summed E-state index contributed by atoms with van der Waals surface area (Å²) < 4.78 is 0. The molecule has 0 spiro atoms. The maximum Gasteiger partial charge on any atom is 0.130 e. The van der Waals surface area contributed by atoms with Gasteiger partial charge < -0.3 is 0 Å². The molecule has 3 rings (SSSR count). The van der Waals surface area contributed by atoms with Crippen molar-refractivity contribution in [2.24, 2.45) is 0 Å². The van der Waals surface area contributed by atoms with Crippen LogP contribution < -0.4 is 0 Å². The Morgan fingerprint density at radius 3 is 2.58 bits per heavy atom. The zero-order valence-electron chi connectivity index (χ0n) is 16.3. The lowest BCUT2D eigenvalue weighted by Crippen LogP contribution is -2.39. The standard InChI is InChI=1S/C21H31N5/c1-4-26-10-6-8-20(26)16-25(14-18-7-5-9-22-11-18)15-19-12-23-21(17(2)3)24-13-19/h5,7,9,11-13,17,20H,4,6,8,10,14-16H2,1-3H3/t20-/m1/s1. The monoisotopic (exact) mass is 353 g/mol. The number of nitrogens with zero attached hydrogens (tertiary/aromatic N) is 5. The normalized spacial score (nSPS) is 18.1. The topological polar surface area (TPSA) is 45.2 Å². The highest BCUT2D eigenvalue weighted by Crippen LogP contribution is 2.20. The van der Waals surface area contributed by atoms with E-state index < -0.39 is 0 Å². The smallest absolute Gasteiger partial charge is 0.130 e. The minimum absolute atomic E-state index is 0.368. The van der Waals surface area contributed by atoms with E-state index in [2.05, 4.69) is 51.6 Å². The average Bonchev–Trinajstić information content (AvgIpc) is 3.10. The minimum atomic E-state index is 0.368. The molecule has 2 aromatic heterocycles. The second-order valence-electron chi connectivity index (χ2n) is 7.56. The van der Waals surface area contributed by atoms with Crippen molar-refractivity contribution in [2.75, 3.05) is 19.6 Å². The van der Waals surface area contributed by atoms with Gasteiger partial charge in [-0.05, 0) is 37.6 Å². The first-order valence-corrected chi connectivity index (χ1v) is 9.81. The number of likely N-dealkylation sites (N-methyl/N-ethyl adjacent to an activating group) is 1. The van der Waals surface area contributed by atoms with Gasteiger partial charge in [0.1, 0.15) is 5.82 Å². The Bertz CT molecular complexity index is 656. The van der Waals surface area contributed by atoms with E-state index >= 15 is 0 Å². The van der Waals surface area contributed by atoms with Gasteiger partial charge in [-0.25, -0.2) is 9.97 Å². The molecule has 5 nitrogen and oxygen atoms in total. The number of hydrogen-bond acceptors (Lipinski definition) is 5. The zero-order valence-corrected chi connectivity index (χ0v) is 16.3. The maximum absolute atomic E-state index is 4.54. The summed E-state index contributed by atoms with van der Waals surface area (Å²) in [5.74, 6) is 1.28. The van der Waals surface area contributed by atoms with Gasteiger partial charge in [0.25, 0.3) is 0 Å². The Labute approximate surface area is 157 Å². The van der Waals surface area contributed by atoms with Crippen LogP contribution in [0.1, 0.15) is 56.5 Å². The second kappa shape index (κ2) is 9.19. The number of pyridine rings is 1. The van der Waals surface area contributed by atoms with Crippen molar-refractivity contribution in [1.29, 1.82) is 0 Å². The number of likely N-dealkylation sites (tertiary alicyclic amines) is 1. The highest BCUT2D eigenvalue weighted by atomic mass is 15.2. The predicted octanol–water partition coefficient (Wildman–Crippen LogP) is 3.48. The highest BCUT2D eigenvalue weighted by molar-refractivity contribution is 5.11. The van der Waals surface area contributed by atoms with Crippen molar-refractivity contribution < 1.29 is 0 Å². The van der Waals surface area contributed by atoms with Crippen molar-refractivity contribution in [3.05, 3.63) is 53.9 Å². The third kappa shape index (κ3) is 5.08. The van der Waals surface area contributed by atoms with E-state index in [-0.39, 0.29) is 0 Å². The first-order valence-electron chi connectivity index (χ1n) is 9.81. The fourth-order valence-corrected chi connectivity index (χ4v) is 3.75. The Morgan fingerprint density at radius 2 is 1.92 bits per heavy atom. The SMILES string of the molecule is CCN1CCC[C@@H]1CN(Cc1cccnc1)Cc1cnc(C(C)C)nc1. The molecule has 5 heteroatoms. The van der Waals surface area contributed by atoms with E-state index in [0.29, 0.717) is 12.0 Å². The molecule has 2 aromatic rings. The van der Waals surface area contributed by atoms with Gasteiger partial charge in [0.05, 0.1) is 0 Å². The van der Waals surface area contributed by atoms with Gasteiger partial charge >= 0.3 is 0 Å². The van der Waals surface area contributed by atoms with E-state index in [4.69, 9.17) is 0 Å². The van der Waals surface area contributed by atoms with E-state index in [0.717, 1.165) is 32.0 Å². The minimum Gasteiger partial charge on any atom is -0.299 e. The van der Waals surface area contributed by atoms with Crippen molar-refractivity contribution in [2.45, 2.75) is 58.7 Å². The third-order valence-corrected chi connectivity index (χ3v) is 5.15. The Morgan fingerprint density at radius 1 is 1.15 bits per heavy atom.